The van der Waals surface area contributed by atoms with E-state index in [-0.39, 0.29) is 5.95 Å². The number of benzene rings is 2. The quantitative estimate of drug-likeness (QED) is 0.564. The van der Waals surface area contributed by atoms with Gasteiger partial charge in [0.05, 0.1) is 11.2 Å². The summed E-state index contributed by atoms with van der Waals surface area (Å²) in [6, 6.07) is 11.7. The second-order valence-electron chi connectivity index (χ2n) is 6.15. The maximum absolute atomic E-state index is 6.02. The second kappa shape index (κ2) is 6.35. The number of aromatic nitrogens is 4. The van der Waals surface area contributed by atoms with E-state index >= 15 is 0 Å². The van der Waals surface area contributed by atoms with E-state index in [0.29, 0.717) is 5.02 Å². The maximum Gasteiger partial charge on any atom is 0.220 e. The van der Waals surface area contributed by atoms with Crippen LogP contribution in [0.4, 0.5) is 5.95 Å². The third-order valence-electron chi connectivity index (χ3n) is 4.36. The number of hydrogen-bond donors (Lipinski definition) is 1. The minimum absolute atomic E-state index is 0.232. The first-order valence-corrected chi connectivity index (χ1v) is 8.51. The Kier molecular flexibility index (Phi) is 4.01. The van der Waals surface area contributed by atoms with Crippen molar-refractivity contribution >= 4 is 28.5 Å². The zero-order valence-electron chi connectivity index (χ0n) is 14.4. The van der Waals surface area contributed by atoms with Gasteiger partial charge in [0.2, 0.25) is 5.95 Å². The Bertz CT molecular complexity index is 1120. The summed E-state index contributed by atoms with van der Waals surface area (Å²) in [5, 5.41) is 1.69. The van der Waals surface area contributed by atoms with Crippen LogP contribution in [0.2, 0.25) is 5.02 Å². The van der Waals surface area contributed by atoms with Gasteiger partial charge >= 0.3 is 0 Å². The van der Waals surface area contributed by atoms with Gasteiger partial charge < -0.3 is 5.73 Å². The summed E-state index contributed by atoms with van der Waals surface area (Å²) >= 11 is 6.02. The van der Waals surface area contributed by atoms with Gasteiger partial charge in [0, 0.05) is 33.4 Å². The van der Waals surface area contributed by atoms with E-state index in [1.807, 2.05) is 38.1 Å². The van der Waals surface area contributed by atoms with Crippen LogP contribution in [0.25, 0.3) is 33.3 Å². The second-order valence-corrected chi connectivity index (χ2v) is 6.58. The standard InChI is InChI=1S/C20H16ClN5/c1-11-7-14(8-16-12(2)24-10-25-18(11)16)17-9-23-20(22)26-19(17)13-3-5-15(21)6-4-13/h3-10H,1-2H3,(H2,22,23,26). The van der Waals surface area contributed by atoms with Gasteiger partial charge in [-0.25, -0.2) is 19.9 Å². The highest BCUT2D eigenvalue weighted by atomic mass is 35.5. The van der Waals surface area contributed by atoms with Crippen molar-refractivity contribution in [1.82, 2.24) is 19.9 Å². The van der Waals surface area contributed by atoms with Gasteiger partial charge in [-0.2, -0.15) is 0 Å². The summed E-state index contributed by atoms with van der Waals surface area (Å²) in [7, 11) is 0. The van der Waals surface area contributed by atoms with Gasteiger partial charge in [0.25, 0.3) is 0 Å². The number of aryl methyl sites for hydroxylation is 2. The molecule has 2 N–H and O–H groups in total. The van der Waals surface area contributed by atoms with E-state index in [0.717, 1.165) is 44.5 Å². The number of rotatable bonds is 2. The molecule has 0 saturated carbocycles. The molecule has 5 nitrogen and oxygen atoms in total. The predicted octanol–water partition coefficient (Wildman–Crippen LogP) is 4.61. The Labute approximate surface area is 155 Å². The lowest BCUT2D eigenvalue weighted by atomic mass is 9.97. The van der Waals surface area contributed by atoms with Gasteiger partial charge in [-0.1, -0.05) is 23.7 Å². The molecule has 2 heterocycles. The summed E-state index contributed by atoms with van der Waals surface area (Å²) in [6.07, 6.45) is 3.35. The molecule has 6 heteroatoms. The highest BCUT2D eigenvalue weighted by Crippen LogP contribution is 2.34. The third kappa shape index (κ3) is 2.86. The van der Waals surface area contributed by atoms with Crippen LogP contribution < -0.4 is 5.73 Å². The lowest BCUT2D eigenvalue weighted by Crippen LogP contribution is -1.99. The molecule has 128 valence electrons. The molecule has 0 spiro atoms. The van der Waals surface area contributed by atoms with Crippen molar-refractivity contribution in [2.75, 3.05) is 5.73 Å². The van der Waals surface area contributed by atoms with Crippen LogP contribution >= 0.6 is 11.6 Å². The summed E-state index contributed by atoms with van der Waals surface area (Å²) in [6.45, 7) is 4.02. The van der Waals surface area contributed by atoms with Crippen molar-refractivity contribution in [3.8, 4) is 22.4 Å². The Hall–Kier alpha value is -3.05. The van der Waals surface area contributed by atoms with E-state index in [1.54, 1.807) is 12.5 Å². The van der Waals surface area contributed by atoms with Gasteiger partial charge in [-0.05, 0) is 49.2 Å². The van der Waals surface area contributed by atoms with Crippen molar-refractivity contribution in [3.05, 3.63) is 65.2 Å². The lowest BCUT2D eigenvalue weighted by Gasteiger charge is -2.12. The molecule has 0 radical (unpaired) electrons. The van der Waals surface area contributed by atoms with Gasteiger partial charge in [0.1, 0.15) is 6.33 Å². The fraction of sp³-hybridized carbons (Fsp3) is 0.100. The summed E-state index contributed by atoms with van der Waals surface area (Å²) < 4.78 is 0. The van der Waals surface area contributed by atoms with Crippen molar-refractivity contribution in [3.63, 3.8) is 0 Å². The molecule has 26 heavy (non-hydrogen) atoms. The van der Waals surface area contributed by atoms with E-state index in [1.165, 1.54) is 0 Å². The smallest absolute Gasteiger partial charge is 0.220 e. The van der Waals surface area contributed by atoms with Crippen LogP contribution in [0, 0.1) is 13.8 Å². The van der Waals surface area contributed by atoms with E-state index < -0.39 is 0 Å². The van der Waals surface area contributed by atoms with E-state index in [9.17, 15) is 0 Å². The Morgan fingerprint density at radius 1 is 0.923 bits per heavy atom. The molecule has 0 amide bonds. The zero-order valence-corrected chi connectivity index (χ0v) is 15.1. The number of hydrogen-bond acceptors (Lipinski definition) is 5. The molecule has 0 fully saturated rings. The molecule has 4 aromatic rings. The van der Waals surface area contributed by atoms with Crippen molar-refractivity contribution in [2.24, 2.45) is 0 Å². The number of anilines is 1. The number of nitrogens with zero attached hydrogens (tertiary/aromatic N) is 4. The first-order valence-electron chi connectivity index (χ1n) is 8.14. The van der Waals surface area contributed by atoms with Crippen LogP contribution in [0.15, 0.2) is 48.9 Å². The Balaban J connectivity index is 1.98. The van der Waals surface area contributed by atoms with Crippen molar-refractivity contribution in [1.29, 1.82) is 0 Å². The average molecular weight is 362 g/mol. The molecule has 2 aromatic heterocycles. The van der Waals surface area contributed by atoms with Crippen LogP contribution in [-0.2, 0) is 0 Å². The number of halogens is 1. The maximum atomic E-state index is 6.02. The molecule has 0 aliphatic rings. The SMILES string of the molecule is Cc1ncnc2c(C)cc(-c3cnc(N)nc3-c3ccc(Cl)cc3)cc12. The fourth-order valence-corrected chi connectivity index (χ4v) is 3.19. The highest BCUT2D eigenvalue weighted by Gasteiger charge is 2.14. The van der Waals surface area contributed by atoms with Crippen LogP contribution in [0.1, 0.15) is 11.3 Å². The average Bonchev–Trinajstić information content (AvgIpc) is 2.63. The number of nitrogens with two attached hydrogens (primary N) is 1. The predicted molar refractivity (Wildman–Crippen MR) is 105 cm³/mol. The number of fused-ring (bicyclic) bond motifs is 1. The molecule has 0 aliphatic carbocycles. The van der Waals surface area contributed by atoms with E-state index in [4.69, 9.17) is 17.3 Å². The van der Waals surface area contributed by atoms with Crippen LogP contribution in [0.3, 0.4) is 0 Å². The fourth-order valence-electron chi connectivity index (χ4n) is 3.06. The van der Waals surface area contributed by atoms with Crippen LogP contribution in [-0.4, -0.2) is 19.9 Å². The normalized spacial score (nSPS) is 11.0. The summed E-state index contributed by atoms with van der Waals surface area (Å²) in [4.78, 5) is 17.4. The van der Waals surface area contributed by atoms with Gasteiger partial charge in [0.15, 0.2) is 0 Å². The number of nitrogen functional groups attached to an aromatic ring is 1. The van der Waals surface area contributed by atoms with Crippen molar-refractivity contribution < 1.29 is 0 Å². The molecule has 0 atom stereocenters. The largest absolute Gasteiger partial charge is 0.368 e. The topological polar surface area (TPSA) is 77.6 Å². The summed E-state index contributed by atoms with van der Waals surface area (Å²) in [5.74, 6) is 0.232. The molecule has 0 saturated heterocycles. The minimum atomic E-state index is 0.232. The molecular weight excluding hydrogens is 346 g/mol. The Morgan fingerprint density at radius 3 is 2.46 bits per heavy atom. The highest BCUT2D eigenvalue weighted by molar-refractivity contribution is 6.30. The Morgan fingerprint density at radius 2 is 1.69 bits per heavy atom. The molecule has 4 rings (SSSR count). The zero-order chi connectivity index (χ0) is 18.3. The molecule has 0 bridgehead atoms. The van der Waals surface area contributed by atoms with Crippen molar-refractivity contribution in [2.45, 2.75) is 13.8 Å². The molecule has 0 aliphatic heterocycles. The minimum Gasteiger partial charge on any atom is -0.368 e. The van der Waals surface area contributed by atoms with Crippen LogP contribution in [0.5, 0.6) is 0 Å². The lowest BCUT2D eigenvalue weighted by molar-refractivity contribution is 1.14. The van der Waals surface area contributed by atoms with E-state index in [2.05, 4.69) is 32.1 Å². The van der Waals surface area contributed by atoms with Gasteiger partial charge in [-0.15, -0.1) is 0 Å². The first-order chi connectivity index (χ1) is 12.5. The van der Waals surface area contributed by atoms with Gasteiger partial charge in [-0.3, -0.25) is 0 Å². The molecule has 2 aromatic carbocycles. The molecule has 0 unspecified atom stereocenters. The third-order valence-corrected chi connectivity index (χ3v) is 4.62. The summed E-state index contributed by atoms with van der Waals surface area (Å²) in [5.41, 5.74) is 12.4. The monoisotopic (exact) mass is 361 g/mol. The first kappa shape index (κ1) is 16.4. The molecular formula is C20H16ClN5.